The molecule has 0 atom stereocenters. The van der Waals surface area contributed by atoms with E-state index >= 15 is 0 Å². The normalized spacial score (nSPS) is 10.8. The molecular formula is C12H21N3O2. The molecule has 0 fully saturated rings. The molecule has 17 heavy (non-hydrogen) atoms. The first-order valence-electron chi connectivity index (χ1n) is 6.01. The zero-order valence-corrected chi connectivity index (χ0v) is 10.6. The van der Waals surface area contributed by atoms with Gasteiger partial charge in [0.15, 0.2) is 0 Å². The van der Waals surface area contributed by atoms with Crippen LogP contribution in [0.3, 0.4) is 0 Å². The van der Waals surface area contributed by atoms with E-state index in [-0.39, 0.29) is 5.97 Å². The lowest BCUT2D eigenvalue weighted by Crippen LogP contribution is -2.32. The molecule has 0 N–H and O–H groups in total. The molecule has 0 aromatic carbocycles. The lowest BCUT2D eigenvalue weighted by Gasteiger charge is -2.20. The summed E-state index contributed by atoms with van der Waals surface area (Å²) in [6, 6.07) is 0. The molecule has 0 aliphatic carbocycles. The Hall–Kier alpha value is -1.36. The van der Waals surface area contributed by atoms with E-state index < -0.39 is 0 Å². The minimum Gasteiger partial charge on any atom is -0.468 e. The van der Waals surface area contributed by atoms with Crippen molar-refractivity contribution in [2.75, 3.05) is 26.7 Å². The van der Waals surface area contributed by atoms with Gasteiger partial charge in [-0.15, -0.1) is 0 Å². The van der Waals surface area contributed by atoms with E-state index in [0.29, 0.717) is 6.54 Å². The number of methoxy groups -OCH3 is 1. The monoisotopic (exact) mass is 239 g/mol. The van der Waals surface area contributed by atoms with Crippen LogP contribution in [-0.4, -0.2) is 47.2 Å². The standard InChI is InChI=1S/C12H21N3O2/c1-3-6-14(10-12(16)17-2)7-4-8-15-9-5-13-11-15/h5,9,11H,3-4,6-8,10H2,1-2H3. The maximum atomic E-state index is 11.2. The SMILES string of the molecule is CCCN(CCCn1ccnc1)CC(=O)OC. The van der Waals surface area contributed by atoms with Gasteiger partial charge in [0.2, 0.25) is 0 Å². The van der Waals surface area contributed by atoms with Crippen LogP contribution < -0.4 is 0 Å². The number of hydrogen-bond acceptors (Lipinski definition) is 4. The molecule has 0 unspecified atom stereocenters. The zero-order valence-electron chi connectivity index (χ0n) is 10.6. The topological polar surface area (TPSA) is 47.4 Å². The number of carbonyl (C=O) groups excluding carboxylic acids is 1. The van der Waals surface area contributed by atoms with Crippen molar-refractivity contribution in [1.82, 2.24) is 14.5 Å². The zero-order chi connectivity index (χ0) is 12.5. The van der Waals surface area contributed by atoms with E-state index in [1.54, 1.807) is 6.20 Å². The third-order valence-electron chi connectivity index (χ3n) is 2.57. The number of aryl methyl sites for hydroxylation is 1. The number of rotatable bonds is 8. The Kier molecular flexibility index (Phi) is 6.32. The molecule has 0 amide bonds. The van der Waals surface area contributed by atoms with Crippen LogP contribution in [0.25, 0.3) is 0 Å². The maximum absolute atomic E-state index is 11.2. The summed E-state index contributed by atoms with van der Waals surface area (Å²) in [6.45, 7) is 5.26. The molecule has 5 nitrogen and oxygen atoms in total. The van der Waals surface area contributed by atoms with E-state index in [9.17, 15) is 4.79 Å². The molecule has 1 heterocycles. The summed E-state index contributed by atoms with van der Waals surface area (Å²) >= 11 is 0. The number of hydrogen-bond donors (Lipinski definition) is 0. The number of aromatic nitrogens is 2. The van der Waals surface area contributed by atoms with Crippen molar-refractivity contribution in [3.63, 3.8) is 0 Å². The van der Waals surface area contributed by atoms with E-state index in [1.165, 1.54) is 7.11 Å². The number of nitrogens with zero attached hydrogens (tertiary/aromatic N) is 3. The molecule has 1 aromatic heterocycles. The predicted octanol–water partition coefficient (Wildman–Crippen LogP) is 1.16. The third kappa shape index (κ3) is 5.49. The molecule has 0 saturated carbocycles. The first-order valence-corrected chi connectivity index (χ1v) is 6.01. The molecular weight excluding hydrogens is 218 g/mol. The predicted molar refractivity (Wildman–Crippen MR) is 65.6 cm³/mol. The second kappa shape index (κ2) is 7.84. The van der Waals surface area contributed by atoms with E-state index in [1.807, 2.05) is 17.1 Å². The first kappa shape index (κ1) is 13.7. The molecule has 1 aromatic rings. The Morgan fingerprint density at radius 1 is 1.47 bits per heavy atom. The highest BCUT2D eigenvalue weighted by atomic mass is 16.5. The molecule has 0 bridgehead atoms. The summed E-state index contributed by atoms with van der Waals surface area (Å²) in [5.41, 5.74) is 0. The molecule has 0 aliphatic heterocycles. The van der Waals surface area contributed by atoms with Gasteiger partial charge in [0.25, 0.3) is 0 Å². The second-order valence-electron chi connectivity index (χ2n) is 4.01. The second-order valence-corrected chi connectivity index (χ2v) is 4.01. The fourth-order valence-corrected chi connectivity index (χ4v) is 1.73. The molecule has 0 spiro atoms. The fraction of sp³-hybridized carbons (Fsp3) is 0.667. The van der Waals surface area contributed by atoms with Gasteiger partial charge in [-0.2, -0.15) is 0 Å². The maximum Gasteiger partial charge on any atom is 0.319 e. The fourth-order valence-electron chi connectivity index (χ4n) is 1.73. The highest BCUT2D eigenvalue weighted by Crippen LogP contribution is 1.98. The number of carbonyl (C=O) groups is 1. The number of ether oxygens (including phenoxy) is 1. The largest absolute Gasteiger partial charge is 0.468 e. The molecule has 0 radical (unpaired) electrons. The van der Waals surface area contributed by atoms with Crippen LogP contribution in [0.2, 0.25) is 0 Å². The minimum atomic E-state index is -0.166. The highest BCUT2D eigenvalue weighted by molar-refractivity contribution is 5.71. The summed E-state index contributed by atoms with van der Waals surface area (Å²) in [4.78, 5) is 17.3. The van der Waals surface area contributed by atoms with Gasteiger partial charge in [0, 0.05) is 25.5 Å². The van der Waals surface area contributed by atoms with Crippen molar-refractivity contribution in [1.29, 1.82) is 0 Å². The van der Waals surface area contributed by atoms with Crippen molar-refractivity contribution in [3.05, 3.63) is 18.7 Å². The minimum absolute atomic E-state index is 0.166. The average molecular weight is 239 g/mol. The van der Waals surface area contributed by atoms with Crippen LogP contribution in [0.1, 0.15) is 19.8 Å². The third-order valence-corrected chi connectivity index (χ3v) is 2.57. The van der Waals surface area contributed by atoms with Gasteiger partial charge >= 0.3 is 5.97 Å². The van der Waals surface area contributed by atoms with Gasteiger partial charge in [-0.25, -0.2) is 4.98 Å². The summed E-state index contributed by atoms with van der Waals surface area (Å²) in [5.74, 6) is -0.166. The van der Waals surface area contributed by atoms with Crippen LogP contribution in [-0.2, 0) is 16.1 Å². The average Bonchev–Trinajstić information content (AvgIpc) is 2.82. The van der Waals surface area contributed by atoms with Gasteiger partial charge in [0.05, 0.1) is 20.0 Å². The van der Waals surface area contributed by atoms with Crippen molar-refractivity contribution >= 4 is 5.97 Å². The Bertz CT molecular complexity index is 312. The van der Waals surface area contributed by atoms with E-state index in [2.05, 4.69) is 21.5 Å². The summed E-state index contributed by atoms with van der Waals surface area (Å²) in [6.07, 6.45) is 7.59. The Morgan fingerprint density at radius 2 is 2.29 bits per heavy atom. The van der Waals surface area contributed by atoms with E-state index in [0.717, 1.165) is 32.5 Å². The summed E-state index contributed by atoms with van der Waals surface area (Å²) in [7, 11) is 1.43. The first-order chi connectivity index (χ1) is 8.26. The van der Waals surface area contributed by atoms with Crippen LogP contribution in [0, 0.1) is 0 Å². The van der Waals surface area contributed by atoms with Gasteiger partial charge in [0.1, 0.15) is 0 Å². The number of esters is 1. The van der Waals surface area contributed by atoms with Crippen molar-refractivity contribution in [3.8, 4) is 0 Å². The van der Waals surface area contributed by atoms with Crippen LogP contribution in [0.4, 0.5) is 0 Å². The molecule has 0 saturated heterocycles. The van der Waals surface area contributed by atoms with Crippen molar-refractivity contribution in [2.24, 2.45) is 0 Å². The molecule has 0 aliphatic rings. The Morgan fingerprint density at radius 3 is 2.88 bits per heavy atom. The van der Waals surface area contributed by atoms with Crippen molar-refractivity contribution in [2.45, 2.75) is 26.3 Å². The smallest absolute Gasteiger partial charge is 0.319 e. The quantitative estimate of drug-likeness (QED) is 0.639. The number of imidazole rings is 1. The van der Waals surface area contributed by atoms with Gasteiger partial charge in [-0.3, -0.25) is 9.69 Å². The summed E-state index contributed by atoms with van der Waals surface area (Å²) < 4.78 is 6.73. The van der Waals surface area contributed by atoms with Crippen LogP contribution >= 0.6 is 0 Å². The highest BCUT2D eigenvalue weighted by Gasteiger charge is 2.09. The van der Waals surface area contributed by atoms with Crippen LogP contribution in [0.5, 0.6) is 0 Å². The van der Waals surface area contributed by atoms with Gasteiger partial charge in [-0.05, 0) is 19.4 Å². The summed E-state index contributed by atoms with van der Waals surface area (Å²) in [5, 5.41) is 0. The Balaban J connectivity index is 2.26. The van der Waals surface area contributed by atoms with Crippen LogP contribution in [0.15, 0.2) is 18.7 Å². The van der Waals surface area contributed by atoms with E-state index in [4.69, 9.17) is 0 Å². The van der Waals surface area contributed by atoms with Crippen molar-refractivity contribution < 1.29 is 9.53 Å². The molecule has 96 valence electrons. The van der Waals surface area contributed by atoms with Gasteiger partial charge < -0.3 is 9.30 Å². The van der Waals surface area contributed by atoms with Gasteiger partial charge in [-0.1, -0.05) is 6.92 Å². The lowest BCUT2D eigenvalue weighted by molar-refractivity contribution is -0.141. The Labute approximate surface area is 102 Å². The molecule has 5 heteroatoms. The molecule has 1 rings (SSSR count). The lowest BCUT2D eigenvalue weighted by atomic mass is 10.3.